The van der Waals surface area contributed by atoms with Crippen molar-refractivity contribution in [2.75, 3.05) is 37.4 Å². The van der Waals surface area contributed by atoms with Crippen molar-refractivity contribution in [3.63, 3.8) is 0 Å². The number of nitrogens with zero attached hydrogens (tertiary/aromatic N) is 2. The van der Waals surface area contributed by atoms with Crippen LogP contribution in [-0.2, 0) is 22.6 Å². The molecule has 7 heteroatoms. The van der Waals surface area contributed by atoms with Gasteiger partial charge in [0.25, 0.3) is 0 Å². The van der Waals surface area contributed by atoms with Crippen LogP contribution in [0.1, 0.15) is 22.7 Å². The maximum atomic E-state index is 13.1. The Hall–Kier alpha value is -3.71. The van der Waals surface area contributed by atoms with E-state index in [1.54, 1.807) is 0 Å². The van der Waals surface area contributed by atoms with Crippen molar-refractivity contribution >= 4 is 23.2 Å². The molecule has 1 heterocycles. The Morgan fingerprint density at radius 2 is 1.62 bits per heavy atom. The summed E-state index contributed by atoms with van der Waals surface area (Å²) in [5.41, 5.74) is 5.16. The summed E-state index contributed by atoms with van der Waals surface area (Å²) in [5.74, 6) is -1.91. The zero-order chi connectivity index (χ0) is 24.1. The molecule has 1 aliphatic rings. The minimum atomic E-state index is -0.780. The fraction of sp³-hybridized carbons (Fsp3) is 0.259. The fourth-order valence-corrected chi connectivity index (χ4v) is 4.23. The predicted molar refractivity (Wildman–Crippen MR) is 132 cm³/mol. The number of carbonyl (C=O) groups is 2. The molecule has 0 bridgehead atoms. The molecule has 34 heavy (non-hydrogen) atoms. The second kappa shape index (κ2) is 10.5. The highest BCUT2D eigenvalue weighted by Gasteiger charge is 2.26. The summed E-state index contributed by atoms with van der Waals surface area (Å²) in [5, 5.41) is 5.30. The average Bonchev–Trinajstić information content (AvgIpc) is 2.85. The van der Waals surface area contributed by atoms with Gasteiger partial charge in [0.15, 0.2) is 0 Å². The second-order valence-electron chi connectivity index (χ2n) is 8.66. The number of anilines is 2. The smallest absolute Gasteiger partial charge is 0.313 e. The zero-order valence-electron chi connectivity index (χ0n) is 19.4. The highest BCUT2D eigenvalue weighted by Crippen LogP contribution is 2.28. The van der Waals surface area contributed by atoms with E-state index in [0.29, 0.717) is 12.2 Å². The maximum absolute atomic E-state index is 13.1. The Labute approximate surface area is 199 Å². The van der Waals surface area contributed by atoms with Gasteiger partial charge in [-0.2, -0.15) is 0 Å². The molecule has 1 unspecified atom stereocenters. The molecular weight excluding hydrogens is 431 g/mol. The number of amides is 2. The van der Waals surface area contributed by atoms with Crippen LogP contribution in [0, 0.1) is 5.82 Å². The number of hydrogen-bond acceptors (Lipinski definition) is 4. The summed E-state index contributed by atoms with van der Waals surface area (Å²) < 4.78 is 13.1. The third-order valence-electron chi connectivity index (χ3n) is 6.16. The minimum absolute atomic E-state index is 0.0906. The minimum Gasteiger partial charge on any atom is -0.378 e. The van der Waals surface area contributed by atoms with Crippen LogP contribution in [0.2, 0.25) is 0 Å². The summed E-state index contributed by atoms with van der Waals surface area (Å²) >= 11 is 0. The van der Waals surface area contributed by atoms with Gasteiger partial charge in [0.1, 0.15) is 5.82 Å². The van der Waals surface area contributed by atoms with E-state index in [1.807, 2.05) is 25.1 Å². The largest absolute Gasteiger partial charge is 0.378 e. The van der Waals surface area contributed by atoms with Crippen molar-refractivity contribution in [3.8, 4) is 0 Å². The molecule has 3 aromatic rings. The number of carbonyl (C=O) groups excluding carboxylic acids is 2. The third kappa shape index (κ3) is 5.61. The normalized spacial score (nSPS) is 14.1. The van der Waals surface area contributed by atoms with E-state index in [0.717, 1.165) is 30.8 Å². The van der Waals surface area contributed by atoms with Crippen LogP contribution < -0.4 is 15.5 Å². The first kappa shape index (κ1) is 23.4. The number of rotatable bonds is 6. The Morgan fingerprint density at radius 3 is 2.29 bits per heavy atom. The molecule has 0 saturated heterocycles. The van der Waals surface area contributed by atoms with E-state index in [1.165, 1.54) is 35.4 Å². The molecule has 2 amide bonds. The number of halogens is 1. The van der Waals surface area contributed by atoms with Crippen molar-refractivity contribution < 1.29 is 14.0 Å². The third-order valence-corrected chi connectivity index (χ3v) is 6.16. The molecule has 4 rings (SSSR count). The number of fused-ring (bicyclic) bond motifs is 1. The lowest BCUT2D eigenvalue weighted by Crippen LogP contribution is -2.43. The van der Waals surface area contributed by atoms with Crippen LogP contribution >= 0.6 is 0 Å². The summed E-state index contributed by atoms with van der Waals surface area (Å²) in [6.07, 6.45) is 0.932. The van der Waals surface area contributed by atoms with Crippen LogP contribution in [0.4, 0.5) is 15.8 Å². The lowest BCUT2D eigenvalue weighted by Gasteiger charge is -2.36. The van der Waals surface area contributed by atoms with Gasteiger partial charge in [-0.3, -0.25) is 14.5 Å². The lowest BCUT2D eigenvalue weighted by molar-refractivity contribution is -0.136. The van der Waals surface area contributed by atoms with Crippen LogP contribution in [0.3, 0.4) is 0 Å². The topological polar surface area (TPSA) is 64.7 Å². The first-order valence-electron chi connectivity index (χ1n) is 11.3. The van der Waals surface area contributed by atoms with Gasteiger partial charge in [0.05, 0.1) is 6.04 Å². The van der Waals surface area contributed by atoms with Gasteiger partial charge in [-0.25, -0.2) is 4.39 Å². The van der Waals surface area contributed by atoms with Crippen LogP contribution in [0.15, 0.2) is 72.8 Å². The first-order valence-corrected chi connectivity index (χ1v) is 11.3. The average molecular weight is 461 g/mol. The Balaban J connectivity index is 1.48. The van der Waals surface area contributed by atoms with Crippen LogP contribution in [0.5, 0.6) is 0 Å². The van der Waals surface area contributed by atoms with Crippen LogP contribution in [0.25, 0.3) is 0 Å². The first-order chi connectivity index (χ1) is 16.4. The van der Waals surface area contributed by atoms with E-state index >= 15 is 0 Å². The molecule has 0 saturated carbocycles. The molecule has 1 aliphatic heterocycles. The Morgan fingerprint density at radius 1 is 0.941 bits per heavy atom. The van der Waals surface area contributed by atoms with Crippen molar-refractivity contribution in [2.24, 2.45) is 0 Å². The van der Waals surface area contributed by atoms with Gasteiger partial charge in [0.2, 0.25) is 0 Å². The van der Waals surface area contributed by atoms with Crippen LogP contribution in [-0.4, -0.2) is 43.9 Å². The van der Waals surface area contributed by atoms with Gasteiger partial charge in [-0.1, -0.05) is 36.4 Å². The lowest BCUT2D eigenvalue weighted by atomic mass is 9.96. The van der Waals surface area contributed by atoms with Crippen molar-refractivity contribution in [2.45, 2.75) is 19.0 Å². The van der Waals surface area contributed by atoms with Gasteiger partial charge in [-0.15, -0.1) is 0 Å². The highest BCUT2D eigenvalue weighted by molar-refractivity contribution is 6.39. The Kier molecular flexibility index (Phi) is 7.23. The van der Waals surface area contributed by atoms with Crippen molar-refractivity contribution in [1.29, 1.82) is 0 Å². The second-order valence-corrected chi connectivity index (χ2v) is 8.66. The predicted octanol–water partition coefficient (Wildman–Crippen LogP) is 3.75. The fourth-order valence-electron chi connectivity index (χ4n) is 4.23. The monoisotopic (exact) mass is 460 g/mol. The molecule has 0 fully saturated rings. The highest BCUT2D eigenvalue weighted by atomic mass is 19.1. The van der Waals surface area contributed by atoms with E-state index in [2.05, 4.69) is 58.0 Å². The van der Waals surface area contributed by atoms with Gasteiger partial charge >= 0.3 is 11.8 Å². The number of nitrogens with one attached hydrogen (secondary N) is 2. The number of hydrogen-bond donors (Lipinski definition) is 2. The van der Waals surface area contributed by atoms with E-state index in [-0.39, 0.29) is 6.04 Å². The maximum Gasteiger partial charge on any atom is 0.313 e. The molecule has 3 aromatic carbocycles. The summed E-state index contributed by atoms with van der Waals surface area (Å²) in [6, 6.07) is 21.9. The van der Waals surface area contributed by atoms with E-state index in [4.69, 9.17) is 0 Å². The molecule has 1 atom stereocenters. The van der Waals surface area contributed by atoms with Gasteiger partial charge in [0, 0.05) is 45.1 Å². The van der Waals surface area contributed by atoms with Crippen molar-refractivity contribution in [3.05, 3.63) is 95.3 Å². The summed E-state index contributed by atoms with van der Waals surface area (Å²) in [7, 11) is 3.99. The van der Waals surface area contributed by atoms with E-state index in [9.17, 15) is 14.0 Å². The molecule has 6 nitrogen and oxygen atoms in total. The molecule has 0 spiro atoms. The molecule has 0 aliphatic carbocycles. The Bertz CT molecular complexity index is 1150. The summed E-state index contributed by atoms with van der Waals surface area (Å²) in [6.45, 7) is 1.92. The molecule has 2 N–H and O–H groups in total. The van der Waals surface area contributed by atoms with Gasteiger partial charge in [-0.05, 0) is 59.5 Å². The van der Waals surface area contributed by atoms with E-state index < -0.39 is 17.6 Å². The standard InChI is InChI=1S/C27H29FN4O2/c1-31(2)24-13-7-20(8-14-24)25(32-16-15-19-5-3-4-6-21(19)18-32)17-29-26(33)27(34)30-23-11-9-22(28)10-12-23/h3-14,25H,15-18H2,1-2H3,(H,29,33)(H,30,34). The molecule has 0 radical (unpaired) electrons. The summed E-state index contributed by atoms with van der Waals surface area (Å²) in [4.78, 5) is 29.3. The SMILES string of the molecule is CN(C)c1ccc(C(CNC(=O)C(=O)Nc2ccc(F)cc2)N2CCc3ccccc3C2)cc1. The molecular formula is C27H29FN4O2. The quantitative estimate of drug-likeness (QED) is 0.550. The number of benzene rings is 3. The van der Waals surface area contributed by atoms with Crippen molar-refractivity contribution in [1.82, 2.24) is 10.2 Å². The van der Waals surface area contributed by atoms with Gasteiger partial charge < -0.3 is 15.5 Å². The zero-order valence-corrected chi connectivity index (χ0v) is 19.4. The molecule has 176 valence electrons. The molecule has 0 aromatic heterocycles.